The Balaban J connectivity index is 2.06. The minimum atomic E-state index is -0.248. The molecule has 1 fully saturated rings. The van der Waals surface area contributed by atoms with Gasteiger partial charge in [-0.3, -0.25) is 4.90 Å². The Morgan fingerprint density at radius 1 is 1.37 bits per heavy atom. The third-order valence-electron chi connectivity index (χ3n) is 4.43. The van der Waals surface area contributed by atoms with E-state index >= 15 is 0 Å². The van der Waals surface area contributed by atoms with Gasteiger partial charge < -0.3 is 10.1 Å². The first-order valence-corrected chi connectivity index (χ1v) is 6.84. The summed E-state index contributed by atoms with van der Waals surface area (Å²) in [5.41, 5.74) is 3.64. The monoisotopic (exact) mass is 260 g/mol. The standard InChI is InChI=1S/C15H20N2O2/c1-11-3-4-12-13(9-11)17(14(18)19-2)10-15(12)5-7-16-8-6-15/h3-4,9,16H,5-8,10H2,1-2H3. The highest BCUT2D eigenvalue weighted by Crippen LogP contribution is 2.46. The van der Waals surface area contributed by atoms with Gasteiger partial charge in [0.1, 0.15) is 0 Å². The van der Waals surface area contributed by atoms with Crippen LogP contribution in [0.2, 0.25) is 0 Å². The number of carbonyl (C=O) groups is 1. The molecule has 3 rings (SSSR count). The average Bonchev–Trinajstić information content (AvgIpc) is 2.73. The third-order valence-corrected chi connectivity index (χ3v) is 4.43. The van der Waals surface area contributed by atoms with Gasteiger partial charge in [-0.25, -0.2) is 4.79 Å². The molecule has 0 aromatic heterocycles. The van der Waals surface area contributed by atoms with Crippen LogP contribution in [0, 0.1) is 6.92 Å². The molecule has 4 nitrogen and oxygen atoms in total. The van der Waals surface area contributed by atoms with E-state index in [4.69, 9.17) is 4.74 Å². The van der Waals surface area contributed by atoms with Crippen LogP contribution < -0.4 is 10.2 Å². The number of benzene rings is 1. The zero-order chi connectivity index (χ0) is 13.5. The molecule has 1 amide bonds. The summed E-state index contributed by atoms with van der Waals surface area (Å²) in [6.07, 6.45) is 1.91. The van der Waals surface area contributed by atoms with Gasteiger partial charge in [0.05, 0.1) is 12.8 Å². The smallest absolute Gasteiger partial charge is 0.414 e. The third kappa shape index (κ3) is 1.91. The van der Waals surface area contributed by atoms with Crippen LogP contribution in [-0.4, -0.2) is 32.8 Å². The van der Waals surface area contributed by atoms with Crippen molar-refractivity contribution in [2.45, 2.75) is 25.2 Å². The Hall–Kier alpha value is -1.55. The first kappa shape index (κ1) is 12.5. The maximum absolute atomic E-state index is 12.0. The highest BCUT2D eigenvalue weighted by molar-refractivity contribution is 5.91. The molecule has 1 spiro atoms. The number of hydrogen-bond acceptors (Lipinski definition) is 3. The second-order valence-electron chi connectivity index (χ2n) is 5.61. The fourth-order valence-electron chi connectivity index (χ4n) is 3.39. The van der Waals surface area contributed by atoms with E-state index in [9.17, 15) is 4.79 Å². The largest absolute Gasteiger partial charge is 0.452 e. The molecule has 1 aromatic rings. The van der Waals surface area contributed by atoms with Crippen molar-refractivity contribution in [3.05, 3.63) is 29.3 Å². The predicted molar refractivity (Wildman–Crippen MR) is 74.7 cm³/mol. The van der Waals surface area contributed by atoms with E-state index in [1.54, 1.807) is 4.90 Å². The maximum atomic E-state index is 12.0. The summed E-state index contributed by atoms with van der Waals surface area (Å²) >= 11 is 0. The first-order chi connectivity index (χ1) is 9.16. The minimum Gasteiger partial charge on any atom is -0.452 e. The summed E-state index contributed by atoms with van der Waals surface area (Å²) in [5.74, 6) is 0. The Labute approximate surface area is 113 Å². The van der Waals surface area contributed by atoms with Gasteiger partial charge in [0, 0.05) is 12.0 Å². The van der Waals surface area contributed by atoms with Crippen LogP contribution in [0.25, 0.3) is 0 Å². The summed E-state index contributed by atoms with van der Waals surface area (Å²) < 4.78 is 4.94. The van der Waals surface area contributed by atoms with Crippen LogP contribution >= 0.6 is 0 Å². The zero-order valence-corrected chi connectivity index (χ0v) is 11.5. The molecular weight excluding hydrogens is 240 g/mol. The highest BCUT2D eigenvalue weighted by Gasteiger charge is 2.45. The fourth-order valence-corrected chi connectivity index (χ4v) is 3.39. The van der Waals surface area contributed by atoms with Gasteiger partial charge in [-0.05, 0) is 50.0 Å². The van der Waals surface area contributed by atoms with E-state index in [1.807, 2.05) is 0 Å². The lowest BCUT2D eigenvalue weighted by atomic mass is 9.74. The SMILES string of the molecule is COC(=O)N1CC2(CCNCC2)c2ccc(C)cc21. The van der Waals surface area contributed by atoms with E-state index in [2.05, 4.69) is 30.4 Å². The minimum absolute atomic E-state index is 0.114. The topological polar surface area (TPSA) is 41.6 Å². The van der Waals surface area contributed by atoms with Crippen molar-refractivity contribution in [3.63, 3.8) is 0 Å². The van der Waals surface area contributed by atoms with Crippen LogP contribution in [0.5, 0.6) is 0 Å². The molecule has 19 heavy (non-hydrogen) atoms. The Morgan fingerprint density at radius 2 is 2.11 bits per heavy atom. The van der Waals surface area contributed by atoms with Crippen molar-refractivity contribution in [3.8, 4) is 0 Å². The molecule has 1 aromatic carbocycles. The molecule has 1 saturated heterocycles. The number of nitrogens with one attached hydrogen (secondary N) is 1. The number of piperidine rings is 1. The van der Waals surface area contributed by atoms with E-state index < -0.39 is 0 Å². The van der Waals surface area contributed by atoms with E-state index in [-0.39, 0.29) is 11.5 Å². The second-order valence-corrected chi connectivity index (χ2v) is 5.61. The molecule has 0 bridgehead atoms. The number of nitrogens with zero attached hydrogens (tertiary/aromatic N) is 1. The predicted octanol–water partition coefficient (Wildman–Crippen LogP) is 2.20. The molecule has 0 radical (unpaired) electrons. The summed E-state index contributed by atoms with van der Waals surface area (Å²) in [4.78, 5) is 13.8. The molecule has 0 atom stereocenters. The van der Waals surface area contributed by atoms with Crippen LogP contribution in [-0.2, 0) is 10.2 Å². The molecule has 2 aliphatic rings. The Morgan fingerprint density at radius 3 is 2.79 bits per heavy atom. The van der Waals surface area contributed by atoms with Crippen molar-refractivity contribution in [2.24, 2.45) is 0 Å². The summed E-state index contributed by atoms with van der Waals surface area (Å²) in [6.45, 7) is 4.84. The number of carbonyl (C=O) groups excluding carboxylic acids is 1. The Kier molecular flexibility index (Phi) is 2.97. The van der Waals surface area contributed by atoms with Crippen molar-refractivity contribution in [2.75, 3.05) is 31.6 Å². The van der Waals surface area contributed by atoms with E-state index in [0.29, 0.717) is 0 Å². The normalized spacial score (nSPS) is 20.4. The highest BCUT2D eigenvalue weighted by atomic mass is 16.5. The van der Waals surface area contributed by atoms with Crippen molar-refractivity contribution >= 4 is 11.8 Å². The lowest BCUT2D eigenvalue weighted by Crippen LogP contribution is -2.44. The van der Waals surface area contributed by atoms with Crippen molar-refractivity contribution in [1.29, 1.82) is 0 Å². The quantitative estimate of drug-likeness (QED) is 0.777. The van der Waals surface area contributed by atoms with Crippen LogP contribution in [0.1, 0.15) is 24.0 Å². The van der Waals surface area contributed by atoms with Crippen molar-refractivity contribution in [1.82, 2.24) is 5.32 Å². The van der Waals surface area contributed by atoms with Gasteiger partial charge in [-0.1, -0.05) is 12.1 Å². The fraction of sp³-hybridized carbons (Fsp3) is 0.533. The number of anilines is 1. The number of fused-ring (bicyclic) bond motifs is 2. The van der Waals surface area contributed by atoms with Crippen LogP contribution in [0.4, 0.5) is 10.5 Å². The molecule has 0 unspecified atom stereocenters. The lowest BCUT2D eigenvalue weighted by molar-refractivity contribution is 0.177. The van der Waals surface area contributed by atoms with Gasteiger partial charge in [-0.15, -0.1) is 0 Å². The van der Waals surface area contributed by atoms with Gasteiger partial charge in [0.2, 0.25) is 0 Å². The molecule has 4 heteroatoms. The maximum Gasteiger partial charge on any atom is 0.414 e. The molecule has 0 saturated carbocycles. The second kappa shape index (κ2) is 4.53. The number of amides is 1. The van der Waals surface area contributed by atoms with Crippen molar-refractivity contribution < 1.29 is 9.53 Å². The molecular formula is C15H20N2O2. The average molecular weight is 260 g/mol. The van der Waals surface area contributed by atoms with Gasteiger partial charge in [-0.2, -0.15) is 0 Å². The van der Waals surface area contributed by atoms with E-state index in [1.165, 1.54) is 18.2 Å². The molecule has 2 heterocycles. The molecule has 0 aliphatic carbocycles. The summed E-state index contributed by atoms with van der Waals surface area (Å²) in [7, 11) is 1.45. The van der Waals surface area contributed by atoms with Gasteiger partial charge >= 0.3 is 6.09 Å². The summed E-state index contributed by atoms with van der Waals surface area (Å²) in [5, 5.41) is 3.40. The van der Waals surface area contributed by atoms with E-state index in [0.717, 1.165) is 38.2 Å². The van der Waals surface area contributed by atoms with Gasteiger partial charge in [0.15, 0.2) is 0 Å². The summed E-state index contributed by atoms with van der Waals surface area (Å²) in [6, 6.07) is 6.44. The first-order valence-electron chi connectivity index (χ1n) is 6.84. The van der Waals surface area contributed by atoms with Crippen LogP contribution in [0.15, 0.2) is 18.2 Å². The zero-order valence-electron chi connectivity index (χ0n) is 11.5. The molecule has 1 N–H and O–H groups in total. The number of methoxy groups -OCH3 is 1. The lowest BCUT2D eigenvalue weighted by Gasteiger charge is -2.34. The number of ether oxygens (including phenoxy) is 1. The number of aryl methyl sites for hydroxylation is 1. The number of rotatable bonds is 0. The number of hydrogen-bond donors (Lipinski definition) is 1. The Bertz CT molecular complexity index is 507. The molecule has 2 aliphatic heterocycles. The van der Waals surface area contributed by atoms with Gasteiger partial charge in [0.25, 0.3) is 0 Å². The van der Waals surface area contributed by atoms with Crippen LogP contribution in [0.3, 0.4) is 0 Å². The molecule has 102 valence electrons.